The number of aromatic nitrogens is 2. The first-order valence-corrected chi connectivity index (χ1v) is 5.41. The van der Waals surface area contributed by atoms with E-state index in [1.807, 2.05) is 18.2 Å². The van der Waals surface area contributed by atoms with Crippen LogP contribution in [0.2, 0.25) is 0 Å². The van der Waals surface area contributed by atoms with Crippen LogP contribution in [-0.2, 0) is 6.54 Å². The number of rotatable bonds is 4. The lowest BCUT2D eigenvalue weighted by atomic mass is 10.2. The third-order valence-electron chi connectivity index (χ3n) is 2.40. The molecule has 2 rings (SSSR count). The lowest BCUT2D eigenvalue weighted by molar-refractivity contribution is 0.393. The molecule has 18 heavy (non-hydrogen) atoms. The lowest BCUT2D eigenvalue weighted by Crippen LogP contribution is -2.04. The first-order chi connectivity index (χ1) is 8.83. The minimum absolute atomic E-state index is 0.541. The van der Waals surface area contributed by atoms with Crippen molar-refractivity contribution in [2.75, 3.05) is 12.4 Å². The summed E-state index contributed by atoms with van der Waals surface area (Å²) >= 11 is 0. The zero-order valence-corrected chi connectivity index (χ0v) is 9.92. The van der Waals surface area contributed by atoms with Gasteiger partial charge in [0.05, 0.1) is 12.7 Å². The predicted molar refractivity (Wildman–Crippen MR) is 67.1 cm³/mol. The van der Waals surface area contributed by atoms with E-state index in [9.17, 15) is 0 Å². The van der Waals surface area contributed by atoms with Crippen molar-refractivity contribution in [2.45, 2.75) is 6.54 Å². The highest BCUT2D eigenvalue weighted by atomic mass is 16.5. The van der Waals surface area contributed by atoms with Crippen LogP contribution in [0, 0.1) is 11.3 Å². The SMILES string of the molecule is COc1ncccc1CNc1ccc(C#N)cn1. The molecule has 0 aliphatic carbocycles. The second-order valence-corrected chi connectivity index (χ2v) is 3.57. The van der Waals surface area contributed by atoms with Crippen molar-refractivity contribution in [3.05, 3.63) is 47.8 Å². The van der Waals surface area contributed by atoms with Gasteiger partial charge < -0.3 is 10.1 Å². The summed E-state index contributed by atoms with van der Waals surface area (Å²) in [6, 6.07) is 9.30. The fourth-order valence-electron chi connectivity index (χ4n) is 1.49. The van der Waals surface area contributed by atoms with E-state index < -0.39 is 0 Å². The molecule has 0 atom stereocenters. The normalized spacial score (nSPS) is 9.56. The van der Waals surface area contributed by atoms with E-state index in [4.69, 9.17) is 10.00 Å². The Labute approximate surface area is 105 Å². The fraction of sp³-hybridized carbons (Fsp3) is 0.154. The molecule has 0 spiro atoms. The van der Waals surface area contributed by atoms with Crippen molar-refractivity contribution in [3.8, 4) is 11.9 Å². The summed E-state index contributed by atoms with van der Waals surface area (Å²) in [5, 5.41) is 11.8. The molecule has 0 saturated heterocycles. The summed E-state index contributed by atoms with van der Waals surface area (Å²) in [5.74, 6) is 1.30. The fourth-order valence-corrected chi connectivity index (χ4v) is 1.49. The molecule has 0 amide bonds. The van der Waals surface area contributed by atoms with Gasteiger partial charge in [-0.3, -0.25) is 0 Å². The second kappa shape index (κ2) is 5.64. The van der Waals surface area contributed by atoms with E-state index in [2.05, 4.69) is 15.3 Å². The first-order valence-electron chi connectivity index (χ1n) is 5.41. The monoisotopic (exact) mass is 240 g/mol. The van der Waals surface area contributed by atoms with Gasteiger partial charge in [0.1, 0.15) is 11.9 Å². The summed E-state index contributed by atoms with van der Waals surface area (Å²) in [4.78, 5) is 8.24. The van der Waals surface area contributed by atoms with E-state index >= 15 is 0 Å². The number of hydrogen-bond acceptors (Lipinski definition) is 5. The van der Waals surface area contributed by atoms with Crippen LogP contribution in [0.1, 0.15) is 11.1 Å². The maximum absolute atomic E-state index is 8.67. The standard InChI is InChI=1S/C13H12N4O/c1-18-13-11(3-2-6-15-13)9-17-12-5-4-10(7-14)8-16-12/h2-6,8H,9H2,1H3,(H,16,17). The smallest absolute Gasteiger partial charge is 0.218 e. The molecule has 1 N–H and O–H groups in total. The van der Waals surface area contributed by atoms with Crippen molar-refractivity contribution in [2.24, 2.45) is 0 Å². The number of nitrogens with zero attached hydrogens (tertiary/aromatic N) is 3. The van der Waals surface area contributed by atoms with Gasteiger partial charge in [0.25, 0.3) is 0 Å². The summed E-state index contributed by atoms with van der Waals surface area (Å²) in [5.41, 5.74) is 1.49. The lowest BCUT2D eigenvalue weighted by Gasteiger charge is -2.08. The molecular formula is C13H12N4O. The van der Waals surface area contributed by atoms with Gasteiger partial charge in [0.2, 0.25) is 5.88 Å². The van der Waals surface area contributed by atoms with Gasteiger partial charge in [-0.2, -0.15) is 5.26 Å². The van der Waals surface area contributed by atoms with Crippen molar-refractivity contribution >= 4 is 5.82 Å². The maximum atomic E-state index is 8.67. The Hall–Kier alpha value is -2.61. The Morgan fingerprint density at radius 1 is 1.33 bits per heavy atom. The molecule has 0 bridgehead atoms. The number of hydrogen-bond donors (Lipinski definition) is 1. The van der Waals surface area contributed by atoms with Gasteiger partial charge in [-0.05, 0) is 18.2 Å². The molecule has 0 aliphatic rings. The Morgan fingerprint density at radius 3 is 2.89 bits per heavy atom. The van der Waals surface area contributed by atoms with Gasteiger partial charge in [-0.15, -0.1) is 0 Å². The van der Waals surface area contributed by atoms with Crippen molar-refractivity contribution in [3.63, 3.8) is 0 Å². The van der Waals surface area contributed by atoms with Crippen molar-refractivity contribution < 1.29 is 4.74 Å². The molecule has 2 heterocycles. The predicted octanol–water partition coefficient (Wildman–Crippen LogP) is 1.97. The van der Waals surface area contributed by atoms with Gasteiger partial charge in [-0.1, -0.05) is 6.07 Å². The highest BCUT2D eigenvalue weighted by Crippen LogP contribution is 2.15. The quantitative estimate of drug-likeness (QED) is 0.884. The van der Waals surface area contributed by atoms with Crippen LogP contribution < -0.4 is 10.1 Å². The van der Waals surface area contributed by atoms with Crippen LogP contribution in [0.4, 0.5) is 5.82 Å². The van der Waals surface area contributed by atoms with Gasteiger partial charge in [0, 0.05) is 24.5 Å². The topological polar surface area (TPSA) is 70.8 Å². The maximum Gasteiger partial charge on any atom is 0.218 e. The van der Waals surface area contributed by atoms with E-state index in [0.29, 0.717) is 23.8 Å². The molecule has 2 aromatic rings. The number of anilines is 1. The van der Waals surface area contributed by atoms with Crippen molar-refractivity contribution in [1.82, 2.24) is 9.97 Å². The van der Waals surface area contributed by atoms with E-state index in [0.717, 1.165) is 5.56 Å². The minimum atomic E-state index is 0.541. The number of methoxy groups -OCH3 is 1. The summed E-state index contributed by atoms with van der Waals surface area (Å²) in [6.07, 6.45) is 3.21. The Kier molecular flexibility index (Phi) is 3.72. The molecule has 0 saturated carbocycles. The molecule has 90 valence electrons. The number of ether oxygens (including phenoxy) is 1. The van der Waals surface area contributed by atoms with Crippen molar-refractivity contribution in [1.29, 1.82) is 5.26 Å². The average Bonchev–Trinajstić information content (AvgIpc) is 2.46. The number of nitriles is 1. The van der Waals surface area contributed by atoms with Gasteiger partial charge >= 0.3 is 0 Å². The minimum Gasteiger partial charge on any atom is -0.481 e. The number of nitrogens with one attached hydrogen (secondary N) is 1. The Morgan fingerprint density at radius 2 is 2.22 bits per heavy atom. The van der Waals surface area contributed by atoms with E-state index in [-0.39, 0.29) is 0 Å². The molecule has 5 nitrogen and oxygen atoms in total. The molecule has 0 fully saturated rings. The summed E-state index contributed by atoms with van der Waals surface area (Å²) in [7, 11) is 1.59. The van der Waals surface area contributed by atoms with Gasteiger partial charge in [0.15, 0.2) is 0 Å². The van der Waals surface area contributed by atoms with E-state index in [1.54, 1.807) is 25.4 Å². The zero-order valence-electron chi connectivity index (χ0n) is 9.92. The molecule has 2 aromatic heterocycles. The summed E-state index contributed by atoms with van der Waals surface area (Å²) < 4.78 is 5.16. The van der Waals surface area contributed by atoms with Crippen LogP contribution in [0.25, 0.3) is 0 Å². The molecular weight excluding hydrogens is 228 g/mol. The number of pyridine rings is 2. The second-order valence-electron chi connectivity index (χ2n) is 3.57. The first kappa shape index (κ1) is 11.9. The molecule has 5 heteroatoms. The average molecular weight is 240 g/mol. The van der Waals surface area contributed by atoms with Crippen LogP contribution in [0.5, 0.6) is 5.88 Å². The molecule has 0 aromatic carbocycles. The Balaban J connectivity index is 2.04. The Bertz CT molecular complexity index is 560. The highest BCUT2D eigenvalue weighted by Gasteiger charge is 2.03. The molecule has 0 aliphatic heterocycles. The molecule has 0 radical (unpaired) electrons. The van der Waals surface area contributed by atoms with Gasteiger partial charge in [-0.25, -0.2) is 9.97 Å². The van der Waals surface area contributed by atoms with Crippen LogP contribution >= 0.6 is 0 Å². The zero-order chi connectivity index (χ0) is 12.8. The highest BCUT2D eigenvalue weighted by molar-refractivity contribution is 5.40. The van der Waals surface area contributed by atoms with Crippen LogP contribution in [-0.4, -0.2) is 17.1 Å². The molecule has 0 unspecified atom stereocenters. The van der Waals surface area contributed by atoms with Crippen LogP contribution in [0.3, 0.4) is 0 Å². The van der Waals surface area contributed by atoms with E-state index in [1.165, 1.54) is 6.20 Å². The van der Waals surface area contributed by atoms with Crippen LogP contribution in [0.15, 0.2) is 36.7 Å². The third-order valence-corrected chi connectivity index (χ3v) is 2.40. The third kappa shape index (κ3) is 2.74. The largest absolute Gasteiger partial charge is 0.481 e. The summed E-state index contributed by atoms with van der Waals surface area (Å²) in [6.45, 7) is 0.565.